The zero-order valence-corrected chi connectivity index (χ0v) is 9.62. The minimum atomic E-state index is -0.616. The molecule has 0 aliphatic carbocycles. The van der Waals surface area contributed by atoms with Gasteiger partial charge < -0.3 is 9.84 Å². The Bertz CT molecular complexity index is 568. The second-order valence-electron chi connectivity index (χ2n) is 3.21. The van der Waals surface area contributed by atoms with E-state index in [0.29, 0.717) is 10.4 Å². The molecule has 2 rings (SSSR count). The van der Waals surface area contributed by atoms with Crippen molar-refractivity contribution < 1.29 is 19.0 Å². The fourth-order valence-electron chi connectivity index (χ4n) is 1.32. The Kier molecular flexibility index (Phi) is 3.06. The number of thiophene rings is 1. The maximum Gasteiger partial charge on any atom is 0.348 e. The van der Waals surface area contributed by atoms with Gasteiger partial charge in [-0.25, -0.2) is 14.2 Å². The van der Waals surface area contributed by atoms with E-state index in [1.165, 1.54) is 24.5 Å². The summed E-state index contributed by atoms with van der Waals surface area (Å²) < 4.78 is 17.3. The zero-order chi connectivity index (χ0) is 12.4. The van der Waals surface area contributed by atoms with Gasteiger partial charge in [0.05, 0.1) is 13.3 Å². The van der Waals surface area contributed by atoms with Crippen molar-refractivity contribution in [2.24, 2.45) is 0 Å². The first-order valence-electron chi connectivity index (χ1n) is 4.63. The van der Waals surface area contributed by atoms with Crippen LogP contribution in [0.1, 0.15) is 9.67 Å². The molecule has 88 valence electrons. The maximum absolute atomic E-state index is 12.8. The first-order chi connectivity index (χ1) is 8.11. The van der Waals surface area contributed by atoms with Crippen molar-refractivity contribution in [2.45, 2.75) is 0 Å². The summed E-state index contributed by atoms with van der Waals surface area (Å²) in [5.41, 5.74) is 0.783. The van der Waals surface area contributed by atoms with Gasteiger partial charge in [0.15, 0.2) is 0 Å². The maximum atomic E-state index is 12.8. The summed E-state index contributed by atoms with van der Waals surface area (Å²) >= 11 is 1.17. The molecule has 2 aromatic heterocycles. The van der Waals surface area contributed by atoms with E-state index < -0.39 is 11.8 Å². The minimum absolute atomic E-state index is 0.234. The number of carbonyl (C=O) groups is 1. The van der Waals surface area contributed by atoms with Crippen LogP contribution in [0.4, 0.5) is 4.39 Å². The largest absolute Gasteiger partial charge is 0.506 e. The van der Waals surface area contributed by atoms with Crippen molar-refractivity contribution in [3.05, 3.63) is 34.4 Å². The third kappa shape index (κ3) is 2.26. The molecule has 0 spiro atoms. The number of hydrogen-bond acceptors (Lipinski definition) is 5. The normalized spacial score (nSPS) is 10.2. The van der Waals surface area contributed by atoms with E-state index in [-0.39, 0.29) is 11.4 Å². The number of aromatic hydroxyl groups is 1. The van der Waals surface area contributed by atoms with Gasteiger partial charge >= 0.3 is 5.97 Å². The molecule has 2 aromatic rings. The van der Waals surface area contributed by atoms with E-state index >= 15 is 0 Å². The molecule has 0 amide bonds. The number of rotatable bonds is 2. The monoisotopic (exact) mass is 253 g/mol. The third-order valence-corrected chi connectivity index (χ3v) is 3.00. The van der Waals surface area contributed by atoms with Crippen LogP contribution in [-0.4, -0.2) is 23.2 Å². The van der Waals surface area contributed by atoms with E-state index in [1.54, 1.807) is 5.38 Å². The van der Waals surface area contributed by atoms with Crippen LogP contribution in [0.25, 0.3) is 11.3 Å². The van der Waals surface area contributed by atoms with Gasteiger partial charge in [0.2, 0.25) is 0 Å². The Morgan fingerprint density at radius 2 is 2.29 bits per heavy atom. The summed E-state index contributed by atoms with van der Waals surface area (Å²) in [7, 11) is 1.29. The van der Waals surface area contributed by atoms with Gasteiger partial charge in [0.1, 0.15) is 22.1 Å². The van der Waals surface area contributed by atoms with E-state index in [2.05, 4.69) is 9.72 Å². The molecule has 0 aliphatic heterocycles. The highest BCUT2D eigenvalue weighted by molar-refractivity contribution is 7.12. The van der Waals surface area contributed by atoms with Crippen molar-refractivity contribution in [3.8, 4) is 17.0 Å². The number of aromatic nitrogens is 1. The molecule has 0 aromatic carbocycles. The molecule has 6 heteroatoms. The van der Waals surface area contributed by atoms with Crippen molar-refractivity contribution in [3.63, 3.8) is 0 Å². The Balaban J connectivity index is 2.40. The summed E-state index contributed by atoms with van der Waals surface area (Å²) in [6, 6.07) is 2.51. The number of hydrogen-bond donors (Lipinski definition) is 1. The van der Waals surface area contributed by atoms with E-state index in [9.17, 15) is 14.3 Å². The van der Waals surface area contributed by atoms with Crippen LogP contribution in [-0.2, 0) is 4.74 Å². The lowest BCUT2D eigenvalue weighted by atomic mass is 10.2. The Morgan fingerprint density at radius 3 is 2.94 bits per heavy atom. The van der Waals surface area contributed by atoms with Gasteiger partial charge in [-0.2, -0.15) is 0 Å². The molecule has 0 aliphatic rings. The van der Waals surface area contributed by atoms with Crippen LogP contribution in [0.15, 0.2) is 23.7 Å². The fraction of sp³-hybridized carbons (Fsp3) is 0.0909. The van der Waals surface area contributed by atoms with Crippen molar-refractivity contribution in [1.29, 1.82) is 0 Å². The van der Waals surface area contributed by atoms with Gasteiger partial charge in [-0.1, -0.05) is 0 Å². The summed E-state index contributed by atoms with van der Waals surface area (Å²) in [6.45, 7) is 0. The second-order valence-corrected chi connectivity index (χ2v) is 4.12. The molecule has 2 heterocycles. The van der Waals surface area contributed by atoms with Crippen LogP contribution in [0.2, 0.25) is 0 Å². The molecule has 0 unspecified atom stereocenters. The fourth-order valence-corrected chi connectivity index (χ4v) is 2.13. The highest BCUT2D eigenvalue weighted by atomic mass is 32.1. The third-order valence-electron chi connectivity index (χ3n) is 2.09. The van der Waals surface area contributed by atoms with Gasteiger partial charge in [-0.3, -0.25) is 0 Å². The number of halogens is 1. The molecule has 0 fully saturated rings. The smallest absolute Gasteiger partial charge is 0.348 e. The van der Waals surface area contributed by atoms with Gasteiger partial charge in [0, 0.05) is 17.0 Å². The van der Waals surface area contributed by atoms with Crippen LogP contribution in [0.3, 0.4) is 0 Å². The summed E-state index contributed by atoms with van der Waals surface area (Å²) in [4.78, 5) is 15.4. The highest BCUT2D eigenvalue weighted by Crippen LogP contribution is 2.30. The van der Waals surface area contributed by atoms with Crippen LogP contribution in [0, 0.1) is 5.82 Å². The first-order valence-corrected chi connectivity index (χ1v) is 5.51. The topological polar surface area (TPSA) is 59.4 Å². The molecule has 0 saturated heterocycles. The molecular formula is C11H8FNO3S. The lowest BCUT2D eigenvalue weighted by Gasteiger charge is -2.00. The molecule has 17 heavy (non-hydrogen) atoms. The Labute approximate surface area is 100 Å². The van der Waals surface area contributed by atoms with E-state index in [4.69, 9.17) is 0 Å². The predicted molar refractivity (Wildman–Crippen MR) is 60.5 cm³/mol. The number of ether oxygens (including phenoxy) is 1. The number of carbonyl (C=O) groups excluding carboxylic acids is 1. The Hall–Kier alpha value is -1.95. The average Bonchev–Trinajstić information content (AvgIpc) is 2.77. The lowest BCUT2D eigenvalue weighted by molar-refractivity contribution is 0.0606. The lowest BCUT2D eigenvalue weighted by Crippen LogP contribution is -1.97. The van der Waals surface area contributed by atoms with E-state index in [1.807, 2.05) is 0 Å². The van der Waals surface area contributed by atoms with Crippen molar-refractivity contribution in [1.82, 2.24) is 4.98 Å². The zero-order valence-electron chi connectivity index (χ0n) is 8.81. The molecule has 0 saturated carbocycles. The van der Waals surface area contributed by atoms with Crippen molar-refractivity contribution >= 4 is 17.3 Å². The summed E-state index contributed by atoms with van der Waals surface area (Å²) in [5.74, 6) is -1.34. The highest BCUT2D eigenvalue weighted by Gasteiger charge is 2.13. The summed E-state index contributed by atoms with van der Waals surface area (Å²) in [6.07, 6.45) is 1.00. The SMILES string of the molecule is COC(=O)c1cc(-c2ncc(F)cc2O)cs1. The van der Waals surface area contributed by atoms with Crippen LogP contribution >= 0.6 is 11.3 Å². The molecule has 0 atom stereocenters. The average molecular weight is 253 g/mol. The first kappa shape index (κ1) is 11.5. The van der Waals surface area contributed by atoms with Gasteiger partial charge in [0.25, 0.3) is 0 Å². The number of methoxy groups -OCH3 is 1. The van der Waals surface area contributed by atoms with Gasteiger partial charge in [-0.05, 0) is 6.07 Å². The number of esters is 1. The summed E-state index contributed by atoms with van der Waals surface area (Å²) in [5, 5.41) is 11.2. The predicted octanol–water partition coefficient (Wildman–Crippen LogP) is 2.44. The number of pyridine rings is 1. The Morgan fingerprint density at radius 1 is 1.53 bits per heavy atom. The quantitative estimate of drug-likeness (QED) is 0.835. The molecule has 1 N–H and O–H groups in total. The van der Waals surface area contributed by atoms with Gasteiger partial charge in [-0.15, -0.1) is 11.3 Å². The van der Waals surface area contributed by atoms with Crippen LogP contribution in [0.5, 0.6) is 5.75 Å². The molecular weight excluding hydrogens is 245 g/mol. The van der Waals surface area contributed by atoms with Crippen LogP contribution < -0.4 is 0 Å². The number of nitrogens with zero attached hydrogens (tertiary/aromatic N) is 1. The molecule has 0 bridgehead atoms. The van der Waals surface area contributed by atoms with E-state index in [0.717, 1.165) is 12.3 Å². The van der Waals surface area contributed by atoms with Crippen molar-refractivity contribution in [2.75, 3.05) is 7.11 Å². The molecule has 4 nitrogen and oxygen atoms in total. The minimum Gasteiger partial charge on any atom is -0.506 e. The standard InChI is InChI=1S/C11H8FNO3S/c1-16-11(15)9-2-6(5-17-9)10-8(14)3-7(12)4-13-10/h2-5,14H,1H3. The second kappa shape index (κ2) is 4.50. The molecule has 0 radical (unpaired) electrons.